The topological polar surface area (TPSA) is 66.6 Å². The monoisotopic (exact) mass is 274 g/mol. The van der Waals surface area contributed by atoms with Crippen LogP contribution in [0.3, 0.4) is 0 Å². The second kappa shape index (κ2) is 5.35. The molecule has 2 aliphatic rings. The summed E-state index contributed by atoms with van der Waals surface area (Å²) in [4.78, 5) is 14.4. The number of piperidine rings is 1. The minimum Gasteiger partial charge on any atom is -0.505 e. The molecule has 3 rings (SSSR count). The number of hydrogen-bond acceptors (Lipinski definition) is 3. The Hall–Kier alpha value is -1.71. The molecule has 20 heavy (non-hydrogen) atoms. The first-order valence-electron chi connectivity index (χ1n) is 7.53. The van der Waals surface area contributed by atoms with Crippen LogP contribution in [0.25, 0.3) is 0 Å². The van der Waals surface area contributed by atoms with Crippen molar-refractivity contribution in [1.29, 1.82) is 0 Å². The Morgan fingerprint density at radius 3 is 2.75 bits per heavy atom. The van der Waals surface area contributed by atoms with Crippen molar-refractivity contribution in [3.05, 3.63) is 23.8 Å². The molecule has 1 amide bonds. The van der Waals surface area contributed by atoms with Gasteiger partial charge in [-0.1, -0.05) is 25.3 Å². The number of phenolic OH excluding ortho intramolecular Hbond substituents is 1. The summed E-state index contributed by atoms with van der Waals surface area (Å²) in [7, 11) is 0. The Labute approximate surface area is 119 Å². The van der Waals surface area contributed by atoms with Gasteiger partial charge in [-0.05, 0) is 36.8 Å². The average molecular weight is 274 g/mol. The number of rotatable bonds is 1. The maximum Gasteiger partial charge on any atom is 0.257 e. The van der Waals surface area contributed by atoms with E-state index in [0.717, 1.165) is 25.4 Å². The van der Waals surface area contributed by atoms with Crippen LogP contribution in [0.2, 0.25) is 0 Å². The van der Waals surface area contributed by atoms with E-state index < -0.39 is 0 Å². The van der Waals surface area contributed by atoms with Gasteiger partial charge in [0.25, 0.3) is 5.91 Å². The van der Waals surface area contributed by atoms with Crippen molar-refractivity contribution in [3.8, 4) is 5.75 Å². The summed E-state index contributed by atoms with van der Waals surface area (Å²) in [5, 5.41) is 9.96. The molecular weight excluding hydrogens is 252 g/mol. The fraction of sp³-hybridized carbons (Fsp3) is 0.562. The van der Waals surface area contributed by atoms with Crippen molar-refractivity contribution in [2.45, 2.75) is 32.1 Å². The molecule has 2 atom stereocenters. The lowest BCUT2D eigenvalue weighted by Gasteiger charge is -2.41. The largest absolute Gasteiger partial charge is 0.505 e. The SMILES string of the molecule is Nc1cccc(C(=O)N2CCC3CCCCC3C2)c1O. The number of nitrogen functional groups attached to an aromatic ring is 1. The summed E-state index contributed by atoms with van der Waals surface area (Å²) >= 11 is 0. The minimum atomic E-state index is -0.0844. The van der Waals surface area contributed by atoms with E-state index in [2.05, 4.69) is 0 Å². The van der Waals surface area contributed by atoms with Crippen LogP contribution in [-0.4, -0.2) is 29.0 Å². The van der Waals surface area contributed by atoms with Gasteiger partial charge in [-0.3, -0.25) is 4.79 Å². The average Bonchev–Trinajstić information content (AvgIpc) is 2.49. The third-order valence-electron chi connectivity index (χ3n) is 4.88. The molecule has 0 spiro atoms. The molecular formula is C16H22N2O2. The first-order chi connectivity index (χ1) is 9.66. The Morgan fingerprint density at radius 1 is 1.20 bits per heavy atom. The highest BCUT2D eigenvalue weighted by atomic mass is 16.3. The molecule has 1 saturated heterocycles. The smallest absolute Gasteiger partial charge is 0.257 e. The molecule has 1 aromatic carbocycles. The van der Waals surface area contributed by atoms with Crippen molar-refractivity contribution in [1.82, 2.24) is 4.90 Å². The van der Waals surface area contributed by atoms with E-state index >= 15 is 0 Å². The van der Waals surface area contributed by atoms with Crippen LogP contribution < -0.4 is 5.73 Å². The second-order valence-electron chi connectivity index (χ2n) is 6.09. The predicted octanol–water partition coefficient (Wildman–Crippen LogP) is 2.63. The standard InChI is InChI=1S/C16H22N2O2/c17-14-7-3-6-13(15(14)19)16(20)18-9-8-11-4-1-2-5-12(11)10-18/h3,6-7,11-12,19H,1-2,4-5,8-10,17H2. The van der Waals surface area contributed by atoms with Gasteiger partial charge in [0.15, 0.2) is 5.75 Å². The van der Waals surface area contributed by atoms with Crippen LogP contribution in [0, 0.1) is 11.8 Å². The first kappa shape index (κ1) is 13.3. The van der Waals surface area contributed by atoms with Gasteiger partial charge >= 0.3 is 0 Å². The molecule has 2 fully saturated rings. The third kappa shape index (κ3) is 2.35. The van der Waals surface area contributed by atoms with Crippen molar-refractivity contribution < 1.29 is 9.90 Å². The molecule has 4 heteroatoms. The second-order valence-corrected chi connectivity index (χ2v) is 6.09. The van der Waals surface area contributed by atoms with E-state index in [9.17, 15) is 9.90 Å². The molecule has 3 N–H and O–H groups in total. The number of likely N-dealkylation sites (tertiary alicyclic amines) is 1. The van der Waals surface area contributed by atoms with E-state index in [4.69, 9.17) is 5.73 Å². The zero-order valence-corrected chi connectivity index (χ0v) is 11.7. The van der Waals surface area contributed by atoms with Gasteiger partial charge < -0.3 is 15.7 Å². The van der Waals surface area contributed by atoms with Gasteiger partial charge in [0.05, 0.1) is 11.3 Å². The van der Waals surface area contributed by atoms with E-state index in [1.807, 2.05) is 4.90 Å². The summed E-state index contributed by atoms with van der Waals surface area (Å²) in [6, 6.07) is 4.98. The van der Waals surface area contributed by atoms with Gasteiger partial charge in [0.1, 0.15) is 0 Å². The molecule has 1 aromatic rings. The quantitative estimate of drug-likeness (QED) is 0.611. The lowest BCUT2D eigenvalue weighted by Crippen LogP contribution is -2.44. The number of carbonyl (C=O) groups is 1. The molecule has 2 unspecified atom stereocenters. The summed E-state index contributed by atoms with van der Waals surface area (Å²) in [6.07, 6.45) is 6.27. The van der Waals surface area contributed by atoms with Crippen LogP contribution in [0.15, 0.2) is 18.2 Å². The van der Waals surface area contributed by atoms with Gasteiger partial charge in [0.2, 0.25) is 0 Å². The van der Waals surface area contributed by atoms with Crippen LogP contribution in [0.4, 0.5) is 5.69 Å². The van der Waals surface area contributed by atoms with Crippen LogP contribution in [0.1, 0.15) is 42.5 Å². The van der Waals surface area contributed by atoms with E-state index in [0.29, 0.717) is 11.5 Å². The molecule has 1 saturated carbocycles. The Kier molecular flexibility index (Phi) is 3.55. The highest BCUT2D eigenvalue weighted by molar-refractivity contribution is 5.98. The van der Waals surface area contributed by atoms with Crippen molar-refractivity contribution in [3.63, 3.8) is 0 Å². The Balaban J connectivity index is 1.76. The number of benzene rings is 1. The number of nitrogens with two attached hydrogens (primary N) is 1. The fourth-order valence-electron chi connectivity index (χ4n) is 3.69. The third-order valence-corrected chi connectivity index (χ3v) is 4.88. The van der Waals surface area contributed by atoms with Crippen LogP contribution >= 0.6 is 0 Å². The fourth-order valence-corrected chi connectivity index (χ4v) is 3.69. The maximum absolute atomic E-state index is 12.6. The summed E-state index contributed by atoms with van der Waals surface area (Å²) < 4.78 is 0. The molecule has 1 aliphatic heterocycles. The molecule has 0 aromatic heterocycles. The van der Waals surface area contributed by atoms with E-state index in [-0.39, 0.29) is 17.3 Å². The molecule has 1 aliphatic carbocycles. The molecule has 1 heterocycles. The van der Waals surface area contributed by atoms with Crippen molar-refractivity contribution in [2.24, 2.45) is 11.8 Å². The van der Waals surface area contributed by atoms with Gasteiger partial charge in [-0.15, -0.1) is 0 Å². The lowest BCUT2D eigenvalue weighted by atomic mass is 9.75. The van der Waals surface area contributed by atoms with Gasteiger partial charge in [-0.2, -0.15) is 0 Å². The summed E-state index contributed by atoms with van der Waals surface area (Å²) in [5.41, 5.74) is 6.27. The van der Waals surface area contributed by atoms with Crippen LogP contribution in [-0.2, 0) is 0 Å². The van der Waals surface area contributed by atoms with Crippen LogP contribution in [0.5, 0.6) is 5.75 Å². The van der Waals surface area contributed by atoms with Gasteiger partial charge in [-0.25, -0.2) is 0 Å². The zero-order chi connectivity index (χ0) is 14.1. The molecule has 108 valence electrons. The van der Waals surface area contributed by atoms with Gasteiger partial charge in [0, 0.05) is 13.1 Å². The lowest BCUT2D eigenvalue weighted by molar-refractivity contribution is 0.0518. The number of aromatic hydroxyl groups is 1. The molecule has 4 nitrogen and oxygen atoms in total. The number of phenols is 1. The van der Waals surface area contributed by atoms with Crippen molar-refractivity contribution >= 4 is 11.6 Å². The number of fused-ring (bicyclic) bond motifs is 1. The highest BCUT2D eigenvalue weighted by Gasteiger charge is 2.33. The number of carbonyl (C=O) groups excluding carboxylic acids is 1. The minimum absolute atomic E-state index is 0.0803. The number of amides is 1. The predicted molar refractivity (Wildman–Crippen MR) is 78.5 cm³/mol. The Morgan fingerprint density at radius 2 is 1.95 bits per heavy atom. The zero-order valence-electron chi connectivity index (χ0n) is 11.7. The van der Waals surface area contributed by atoms with Crippen molar-refractivity contribution in [2.75, 3.05) is 18.8 Å². The normalized spacial score (nSPS) is 26.1. The number of anilines is 1. The molecule has 0 radical (unpaired) electrons. The number of para-hydroxylation sites is 1. The van der Waals surface area contributed by atoms with E-state index in [1.165, 1.54) is 25.7 Å². The first-order valence-corrected chi connectivity index (χ1v) is 7.53. The summed E-state index contributed by atoms with van der Waals surface area (Å²) in [5.74, 6) is 1.27. The number of hydrogen-bond donors (Lipinski definition) is 2. The maximum atomic E-state index is 12.6. The van der Waals surface area contributed by atoms with E-state index in [1.54, 1.807) is 18.2 Å². The number of nitrogens with zero attached hydrogens (tertiary/aromatic N) is 1. The molecule has 0 bridgehead atoms. The Bertz CT molecular complexity index is 515. The highest BCUT2D eigenvalue weighted by Crippen LogP contribution is 2.37. The summed E-state index contributed by atoms with van der Waals surface area (Å²) in [6.45, 7) is 1.63.